The van der Waals surface area contributed by atoms with E-state index >= 15 is 0 Å². The summed E-state index contributed by atoms with van der Waals surface area (Å²) in [7, 11) is 0. The zero-order valence-corrected chi connectivity index (χ0v) is 19.4. The number of aryl methyl sites for hydroxylation is 1. The van der Waals surface area contributed by atoms with Crippen molar-refractivity contribution >= 4 is 27.6 Å². The van der Waals surface area contributed by atoms with E-state index in [9.17, 15) is 9.59 Å². The second kappa shape index (κ2) is 8.67. The molecule has 0 unspecified atom stereocenters. The summed E-state index contributed by atoms with van der Waals surface area (Å²) in [5.74, 6) is 0. The van der Waals surface area contributed by atoms with Crippen molar-refractivity contribution in [2.75, 3.05) is 18.0 Å². The SMILES string of the molecule is CCN(CC)c1ccc(-c2cc(=O)oc3c(-c4cc5cc(C)ccc5oc4=O)cccc23)cc1. The van der Waals surface area contributed by atoms with Crippen LogP contribution >= 0.6 is 0 Å². The molecule has 5 heteroatoms. The van der Waals surface area contributed by atoms with E-state index in [2.05, 4.69) is 30.9 Å². The van der Waals surface area contributed by atoms with Crippen molar-refractivity contribution in [3.8, 4) is 22.3 Å². The first-order valence-corrected chi connectivity index (χ1v) is 11.5. The average Bonchev–Trinajstić information content (AvgIpc) is 2.84. The third-order valence-corrected chi connectivity index (χ3v) is 6.25. The van der Waals surface area contributed by atoms with Crippen LogP contribution in [0.25, 0.3) is 44.2 Å². The predicted molar refractivity (Wildman–Crippen MR) is 138 cm³/mol. The molecule has 3 aromatic carbocycles. The molecule has 0 spiro atoms. The number of hydrogen-bond acceptors (Lipinski definition) is 5. The molecule has 0 atom stereocenters. The van der Waals surface area contributed by atoms with Gasteiger partial charge < -0.3 is 13.7 Å². The summed E-state index contributed by atoms with van der Waals surface area (Å²) >= 11 is 0. The van der Waals surface area contributed by atoms with Gasteiger partial charge in [-0.2, -0.15) is 0 Å². The van der Waals surface area contributed by atoms with Crippen molar-refractivity contribution in [1.82, 2.24) is 0 Å². The van der Waals surface area contributed by atoms with E-state index in [4.69, 9.17) is 8.83 Å². The lowest BCUT2D eigenvalue weighted by atomic mass is 9.97. The van der Waals surface area contributed by atoms with Crippen LogP contribution in [0.1, 0.15) is 19.4 Å². The number of fused-ring (bicyclic) bond motifs is 2. The molecule has 5 aromatic rings. The van der Waals surface area contributed by atoms with Crippen LogP contribution in [0.3, 0.4) is 0 Å². The largest absolute Gasteiger partial charge is 0.422 e. The monoisotopic (exact) mass is 451 g/mol. The lowest BCUT2D eigenvalue weighted by Gasteiger charge is -2.21. The van der Waals surface area contributed by atoms with Gasteiger partial charge in [-0.25, -0.2) is 9.59 Å². The first-order valence-electron chi connectivity index (χ1n) is 11.5. The minimum atomic E-state index is -0.472. The van der Waals surface area contributed by atoms with Gasteiger partial charge in [0.15, 0.2) is 0 Å². The summed E-state index contributed by atoms with van der Waals surface area (Å²) in [5, 5.41) is 1.58. The smallest absolute Gasteiger partial charge is 0.344 e. The molecule has 0 aliphatic carbocycles. The molecule has 170 valence electrons. The van der Waals surface area contributed by atoms with E-state index in [1.807, 2.05) is 43.3 Å². The summed E-state index contributed by atoms with van der Waals surface area (Å²) in [6.07, 6.45) is 0. The third-order valence-electron chi connectivity index (χ3n) is 6.25. The highest BCUT2D eigenvalue weighted by Crippen LogP contribution is 2.34. The van der Waals surface area contributed by atoms with E-state index in [0.29, 0.717) is 22.3 Å². The molecular formula is C29H25NO4. The number of benzene rings is 3. The molecule has 34 heavy (non-hydrogen) atoms. The van der Waals surface area contributed by atoms with Crippen LogP contribution in [0.2, 0.25) is 0 Å². The van der Waals surface area contributed by atoms with E-state index in [0.717, 1.165) is 46.2 Å². The van der Waals surface area contributed by atoms with Crippen LogP contribution in [-0.2, 0) is 0 Å². The molecule has 0 N–H and O–H groups in total. The maximum atomic E-state index is 12.9. The molecule has 0 fully saturated rings. The normalized spacial score (nSPS) is 11.3. The Hall–Kier alpha value is -4.12. The molecule has 0 bridgehead atoms. The van der Waals surface area contributed by atoms with Crippen molar-refractivity contribution in [2.45, 2.75) is 20.8 Å². The Morgan fingerprint density at radius 2 is 1.53 bits per heavy atom. The Morgan fingerprint density at radius 3 is 2.26 bits per heavy atom. The average molecular weight is 452 g/mol. The number of hydrogen-bond donors (Lipinski definition) is 0. The lowest BCUT2D eigenvalue weighted by molar-refractivity contribution is 0.556. The summed E-state index contributed by atoms with van der Waals surface area (Å²) in [6, 6.07) is 22.7. The minimum absolute atomic E-state index is 0.362. The Kier molecular flexibility index (Phi) is 5.54. The van der Waals surface area contributed by atoms with Crippen LogP contribution in [0.15, 0.2) is 91.2 Å². The van der Waals surface area contributed by atoms with Gasteiger partial charge in [0, 0.05) is 41.2 Å². The zero-order valence-electron chi connectivity index (χ0n) is 19.4. The number of rotatable bonds is 5. The van der Waals surface area contributed by atoms with E-state index in [1.54, 1.807) is 18.2 Å². The van der Waals surface area contributed by atoms with Gasteiger partial charge >= 0.3 is 11.3 Å². The predicted octanol–water partition coefficient (Wildman–Crippen LogP) is 6.39. The van der Waals surface area contributed by atoms with Gasteiger partial charge in [-0.1, -0.05) is 42.0 Å². The quantitative estimate of drug-likeness (QED) is 0.290. The standard InChI is InChI=1S/C29H25NO4/c1-4-30(5-2)21-12-10-19(11-13-21)24-17-27(31)34-28-22(24)7-6-8-23(28)25-16-20-15-18(3)9-14-26(20)33-29(25)32/h6-17H,4-5H2,1-3H3. The molecule has 0 aliphatic heterocycles. The van der Waals surface area contributed by atoms with E-state index < -0.39 is 11.3 Å². The molecule has 5 rings (SSSR count). The van der Waals surface area contributed by atoms with Crippen LogP contribution in [-0.4, -0.2) is 13.1 Å². The Balaban J connectivity index is 1.71. The summed E-state index contributed by atoms with van der Waals surface area (Å²) in [5.41, 5.74) is 4.72. The van der Waals surface area contributed by atoms with Crippen molar-refractivity contribution in [1.29, 1.82) is 0 Å². The first kappa shape index (κ1) is 21.7. The van der Waals surface area contributed by atoms with Crippen LogP contribution in [0, 0.1) is 6.92 Å². The topological polar surface area (TPSA) is 63.7 Å². The summed E-state index contributed by atoms with van der Waals surface area (Å²) < 4.78 is 11.2. The second-order valence-corrected chi connectivity index (χ2v) is 8.37. The van der Waals surface area contributed by atoms with Gasteiger partial charge in [0.2, 0.25) is 0 Å². The number of anilines is 1. The highest BCUT2D eigenvalue weighted by molar-refractivity contribution is 6.01. The molecular weight excluding hydrogens is 426 g/mol. The van der Waals surface area contributed by atoms with Crippen molar-refractivity contribution in [2.24, 2.45) is 0 Å². The Bertz CT molecular complexity index is 1620. The van der Waals surface area contributed by atoms with E-state index in [-0.39, 0.29) is 0 Å². The maximum Gasteiger partial charge on any atom is 0.344 e. The fraction of sp³-hybridized carbons (Fsp3) is 0.172. The molecule has 0 aliphatic rings. The Labute approximate surface area is 196 Å². The van der Waals surface area contributed by atoms with Crippen molar-refractivity contribution in [3.63, 3.8) is 0 Å². The van der Waals surface area contributed by atoms with Gasteiger partial charge in [0.1, 0.15) is 11.2 Å². The number of para-hydroxylation sites is 1. The second-order valence-electron chi connectivity index (χ2n) is 8.37. The molecule has 0 saturated carbocycles. The lowest BCUT2D eigenvalue weighted by Crippen LogP contribution is -2.21. The minimum Gasteiger partial charge on any atom is -0.422 e. The highest BCUT2D eigenvalue weighted by atomic mass is 16.4. The van der Waals surface area contributed by atoms with Crippen molar-refractivity contribution in [3.05, 3.63) is 99.2 Å². The number of nitrogens with zero attached hydrogens (tertiary/aromatic N) is 1. The molecule has 0 radical (unpaired) electrons. The molecule has 0 amide bonds. The van der Waals surface area contributed by atoms with Crippen LogP contribution in [0.4, 0.5) is 5.69 Å². The van der Waals surface area contributed by atoms with Crippen LogP contribution in [0.5, 0.6) is 0 Å². The van der Waals surface area contributed by atoms with Gasteiger partial charge in [0.25, 0.3) is 0 Å². The summed E-state index contributed by atoms with van der Waals surface area (Å²) in [4.78, 5) is 27.7. The van der Waals surface area contributed by atoms with Crippen LogP contribution < -0.4 is 16.2 Å². The van der Waals surface area contributed by atoms with Gasteiger partial charge in [-0.3, -0.25) is 0 Å². The molecule has 5 nitrogen and oxygen atoms in total. The molecule has 2 heterocycles. The van der Waals surface area contributed by atoms with Gasteiger partial charge in [-0.05, 0) is 62.2 Å². The molecule has 2 aromatic heterocycles. The Morgan fingerprint density at radius 1 is 0.765 bits per heavy atom. The summed E-state index contributed by atoms with van der Waals surface area (Å²) in [6.45, 7) is 8.08. The zero-order chi connectivity index (χ0) is 23.8. The van der Waals surface area contributed by atoms with E-state index in [1.165, 1.54) is 6.07 Å². The van der Waals surface area contributed by atoms with Gasteiger partial charge in [-0.15, -0.1) is 0 Å². The fourth-order valence-corrected chi connectivity index (χ4v) is 4.51. The first-order chi connectivity index (χ1) is 16.5. The highest BCUT2D eigenvalue weighted by Gasteiger charge is 2.16. The third kappa shape index (κ3) is 3.79. The fourth-order valence-electron chi connectivity index (χ4n) is 4.51. The van der Waals surface area contributed by atoms with Gasteiger partial charge in [0.05, 0.1) is 5.56 Å². The van der Waals surface area contributed by atoms with Crippen molar-refractivity contribution < 1.29 is 8.83 Å². The maximum absolute atomic E-state index is 12.9. The molecule has 0 saturated heterocycles.